The fraction of sp³-hybridized carbons (Fsp3) is 0.250. The summed E-state index contributed by atoms with van der Waals surface area (Å²) in [5.41, 5.74) is 2.04. The monoisotopic (exact) mass is 340 g/mol. The van der Waals surface area contributed by atoms with Gasteiger partial charge in [0, 0.05) is 10.4 Å². The zero-order valence-electron chi connectivity index (χ0n) is 11.3. The minimum Gasteiger partial charge on any atom is -0.496 e. The van der Waals surface area contributed by atoms with Gasteiger partial charge in [0.25, 0.3) is 0 Å². The summed E-state index contributed by atoms with van der Waals surface area (Å²) in [4.78, 5) is -0.177. The molecule has 0 aliphatic rings. The van der Waals surface area contributed by atoms with Crippen LogP contribution < -0.4 is 4.74 Å². The molecule has 20 heavy (non-hydrogen) atoms. The van der Waals surface area contributed by atoms with Crippen molar-refractivity contribution < 1.29 is 13.5 Å². The fourth-order valence-corrected chi connectivity index (χ4v) is 2.66. The van der Waals surface area contributed by atoms with E-state index in [2.05, 4.69) is 15.9 Å². The SMILES string of the molecule is COc1cc(C(Br)Cc2c(F)cccc2F)ccc1C. The van der Waals surface area contributed by atoms with Crippen LogP contribution in [0.15, 0.2) is 36.4 Å². The number of halogens is 3. The molecule has 0 heterocycles. The summed E-state index contributed by atoms with van der Waals surface area (Å²) in [7, 11) is 1.60. The van der Waals surface area contributed by atoms with Crippen LogP contribution >= 0.6 is 15.9 Å². The molecule has 1 unspecified atom stereocenters. The van der Waals surface area contributed by atoms with E-state index in [1.165, 1.54) is 18.2 Å². The first-order valence-electron chi connectivity index (χ1n) is 6.24. The Hall–Kier alpha value is -1.42. The van der Waals surface area contributed by atoms with Crippen LogP contribution in [0.4, 0.5) is 8.78 Å². The highest BCUT2D eigenvalue weighted by Gasteiger charge is 2.16. The summed E-state index contributed by atoms with van der Waals surface area (Å²) < 4.78 is 32.6. The van der Waals surface area contributed by atoms with E-state index >= 15 is 0 Å². The van der Waals surface area contributed by atoms with Crippen molar-refractivity contribution in [2.24, 2.45) is 0 Å². The van der Waals surface area contributed by atoms with Gasteiger partial charge >= 0.3 is 0 Å². The topological polar surface area (TPSA) is 9.23 Å². The summed E-state index contributed by atoms with van der Waals surface area (Å²) in [6, 6.07) is 9.65. The van der Waals surface area contributed by atoms with Gasteiger partial charge in [-0.05, 0) is 42.7 Å². The molecule has 0 aromatic heterocycles. The Morgan fingerprint density at radius 1 is 1.15 bits per heavy atom. The second-order valence-electron chi connectivity index (χ2n) is 4.60. The van der Waals surface area contributed by atoms with Gasteiger partial charge in [-0.15, -0.1) is 0 Å². The normalized spacial score (nSPS) is 12.2. The van der Waals surface area contributed by atoms with Gasteiger partial charge in [-0.2, -0.15) is 0 Å². The van der Waals surface area contributed by atoms with Gasteiger partial charge in [0.15, 0.2) is 0 Å². The van der Waals surface area contributed by atoms with Crippen LogP contribution in [-0.4, -0.2) is 7.11 Å². The summed E-state index contributed by atoms with van der Waals surface area (Å²) in [5.74, 6) is -0.275. The molecule has 0 fully saturated rings. The third-order valence-corrected chi connectivity index (χ3v) is 4.09. The lowest BCUT2D eigenvalue weighted by molar-refractivity contribution is 0.411. The number of rotatable bonds is 4. The van der Waals surface area contributed by atoms with Crippen molar-refractivity contribution in [1.82, 2.24) is 0 Å². The highest BCUT2D eigenvalue weighted by molar-refractivity contribution is 9.09. The Bertz CT molecular complexity index is 593. The lowest BCUT2D eigenvalue weighted by Gasteiger charge is -2.14. The summed E-state index contributed by atoms with van der Waals surface area (Å²) in [5, 5.41) is 0. The quantitative estimate of drug-likeness (QED) is 0.714. The van der Waals surface area contributed by atoms with Crippen LogP contribution in [0.3, 0.4) is 0 Å². The van der Waals surface area contributed by atoms with Crippen molar-refractivity contribution in [3.63, 3.8) is 0 Å². The van der Waals surface area contributed by atoms with Crippen molar-refractivity contribution >= 4 is 15.9 Å². The van der Waals surface area contributed by atoms with E-state index in [9.17, 15) is 8.78 Å². The summed E-state index contributed by atoms with van der Waals surface area (Å²) in [6.45, 7) is 1.95. The van der Waals surface area contributed by atoms with E-state index in [-0.39, 0.29) is 16.8 Å². The lowest BCUT2D eigenvalue weighted by Crippen LogP contribution is -2.02. The molecular weight excluding hydrogens is 326 g/mol. The number of hydrogen-bond acceptors (Lipinski definition) is 1. The van der Waals surface area contributed by atoms with Crippen molar-refractivity contribution in [3.05, 3.63) is 64.7 Å². The van der Waals surface area contributed by atoms with Crippen molar-refractivity contribution in [3.8, 4) is 5.75 Å². The predicted octanol–water partition coefficient (Wildman–Crippen LogP) is 4.96. The highest BCUT2D eigenvalue weighted by atomic mass is 79.9. The van der Waals surface area contributed by atoms with E-state index < -0.39 is 11.6 Å². The molecule has 4 heteroatoms. The van der Waals surface area contributed by atoms with Crippen LogP contribution in [0.25, 0.3) is 0 Å². The Kier molecular flexibility index (Phi) is 4.76. The standard InChI is InChI=1S/C16H15BrF2O/c1-10-6-7-11(8-16(10)20-2)13(17)9-12-14(18)4-3-5-15(12)19/h3-8,13H,9H2,1-2H3. The average Bonchev–Trinajstić information content (AvgIpc) is 2.43. The molecule has 0 amide bonds. The van der Waals surface area contributed by atoms with Gasteiger partial charge < -0.3 is 4.74 Å². The van der Waals surface area contributed by atoms with E-state index in [1.807, 2.05) is 25.1 Å². The predicted molar refractivity (Wildman–Crippen MR) is 79.5 cm³/mol. The molecule has 0 bridgehead atoms. The summed E-state index contributed by atoms with van der Waals surface area (Å²) in [6.07, 6.45) is 0.241. The Labute approximate surface area is 125 Å². The van der Waals surface area contributed by atoms with E-state index in [0.717, 1.165) is 16.9 Å². The summed E-state index contributed by atoms with van der Waals surface area (Å²) >= 11 is 3.49. The van der Waals surface area contributed by atoms with Gasteiger partial charge in [0.1, 0.15) is 17.4 Å². The molecule has 2 aromatic rings. The Morgan fingerprint density at radius 2 is 1.80 bits per heavy atom. The molecular formula is C16H15BrF2O. The average molecular weight is 341 g/mol. The zero-order chi connectivity index (χ0) is 14.7. The van der Waals surface area contributed by atoms with Gasteiger partial charge in [-0.25, -0.2) is 8.78 Å². The second kappa shape index (κ2) is 6.35. The number of ether oxygens (including phenoxy) is 1. The third kappa shape index (κ3) is 3.18. The van der Waals surface area contributed by atoms with Crippen molar-refractivity contribution in [1.29, 1.82) is 0 Å². The van der Waals surface area contributed by atoms with Gasteiger partial charge in [-0.3, -0.25) is 0 Å². The van der Waals surface area contributed by atoms with Crippen LogP contribution in [-0.2, 0) is 6.42 Å². The van der Waals surface area contributed by atoms with Crippen LogP contribution in [0.2, 0.25) is 0 Å². The molecule has 2 aromatic carbocycles. The Morgan fingerprint density at radius 3 is 2.40 bits per heavy atom. The maximum absolute atomic E-state index is 13.7. The zero-order valence-corrected chi connectivity index (χ0v) is 12.9. The maximum atomic E-state index is 13.7. The third-order valence-electron chi connectivity index (χ3n) is 3.24. The van der Waals surface area contributed by atoms with Crippen LogP contribution in [0.5, 0.6) is 5.75 Å². The molecule has 0 radical (unpaired) electrons. The van der Waals surface area contributed by atoms with Gasteiger partial charge in [0.05, 0.1) is 7.11 Å². The number of methoxy groups -OCH3 is 1. The molecule has 0 saturated carbocycles. The number of aryl methyl sites for hydroxylation is 1. The molecule has 0 aliphatic carbocycles. The fourth-order valence-electron chi connectivity index (χ4n) is 2.06. The molecule has 0 spiro atoms. The molecule has 1 nitrogen and oxygen atoms in total. The van der Waals surface area contributed by atoms with Crippen molar-refractivity contribution in [2.45, 2.75) is 18.2 Å². The van der Waals surface area contributed by atoms with E-state index in [0.29, 0.717) is 0 Å². The molecule has 106 valence electrons. The maximum Gasteiger partial charge on any atom is 0.129 e. The first kappa shape index (κ1) is 15.0. The number of benzene rings is 2. The van der Waals surface area contributed by atoms with Crippen LogP contribution in [0.1, 0.15) is 21.5 Å². The van der Waals surface area contributed by atoms with Gasteiger partial charge in [-0.1, -0.05) is 34.1 Å². The minimum atomic E-state index is -0.520. The molecule has 2 rings (SSSR count). The van der Waals surface area contributed by atoms with Crippen molar-refractivity contribution in [2.75, 3.05) is 7.11 Å². The molecule has 1 atom stereocenters. The first-order chi connectivity index (χ1) is 9.52. The highest BCUT2D eigenvalue weighted by Crippen LogP contribution is 2.32. The van der Waals surface area contributed by atoms with E-state index in [4.69, 9.17) is 4.74 Å². The largest absolute Gasteiger partial charge is 0.496 e. The van der Waals surface area contributed by atoms with Gasteiger partial charge in [0.2, 0.25) is 0 Å². The van der Waals surface area contributed by atoms with E-state index in [1.54, 1.807) is 7.11 Å². The smallest absolute Gasteiger partial charge is 0.129 e. The minimum absolute atomic E-state index is 0.0916. The molecule has 0 N–H and O–H groups in total. The lowest BCUT2D eigenvalue weighted by atomic mass is 10.0. The van der Waals surface area contributed by atoms with Crippen LogP contribution in [0, 0.1) is 18.6 Å². The second-order valence-corrected chi connectivity index (χ2v) is 5.71. The first-order valence-corrected chi connectivity index (χ1v) is 7.16. The molecule has 0 saturated heterocycles. The number of alkyl halides is 1. The Balaban J connectivity index is 2.26. The molecule has 0 aliphatic heterocycles. The number of hydrogen-bond donors (Lipinski definition) is 0.